The molecule has 0 bridgehead atoms. The first-order chi connectivity index (χ1) is 9.35. The van der Waals surface area contributed by atoms with E-state index >= 15 is 0 Å². The maximum absolute atomic E-state index is 12.0. The van der Waals surface area contributed by atoms with Crippen LogP contribution >= 0.6 is 23.2 Å². The summed E-state index contributed by atoms with van der Waals surface area (Å²) in [5, 5.41) is 3.44. The summed E-state index contributed by atoms with van der Waals surface area (Å²) in [5.74, 6) is -0.202. The number of halogens is 2. The zero-order valence-electron chi connectivity index (χ0n) is 11.7. The van der Waals surface area contributed by atoms with E-state index in [-0.39, 0.29) is 18.5 Å². The highest BCUT2D eigenvalue weighted by Crippen LogP contribution is 2.31. The van der Waals surface area contributed by atoms with Crippen LogP contribution in [0.15, 0.2) is 12.1 Å². The Morgan fingerprint density at radius 3 is 2.70 bits per heavy atom. The third-order valence-corrected chi connectivity index (χ3v) is 3.42. The molecule has 0 aliphatic rings. The van der Waals surface area contributed by atoms with Crippen molar-refractivity contribution in [2.75, 3.05) is 38.4 Å². The standard InChI is InChI=1S/C13H19Cl2N3O2/c1-8(7-20-3)18(2)6-12(19)17-13-10(15)4-9(14)5-11(13)16/h4-5,8H,6-7,16H2,1-3H3,(H,17,19). The minimum absolute atomic E-state index is 0.129. The number of nitrogens with one attached hydrogen (secondary N) is 1. The highest BCUT2D eigenvalue weighted by atomic mass is 35.5. The first-order valence-corrected chi connectivity index (χ1v) is 6.84. The molecule has 20 heavy (non-hydrogen) atoms. The largest absolute Gasteiger partial charge is 0.397 e. The molecular formula is C13H19Cl2N3O2. The topological polar surface area (TPSA) is 67.6 Å². The zero-order chi connectivity index (χ0) is 15.3. The van der Waals surface area contributed by atoms with Crippen molar-refractivity contribution in [3.05, 3.63) is 22.2 Å². The first-order valence-electron chi connectivity index (χ1n) is 6.08. The highest BCUT2D eigenvalue weighted by Gasteiger charge is 2.15. The Hall–Kier alpha value is -1.01. The van der Waals surface area contributed by atoms with Crippen molar-refractivity contribution in [2.24, 2.45) is 0 Å². The molecule has 3 N–H and O–H groups in total. The van der Waals surface area contributed by atoms with E-state index in [2.05, 4.69) is 5.32 Å². The average Bonchev–Trinajstić information content (AvgIpc) is 2.34. The van der Waals surface area contributed by atoms with Crippen molar-refractivity contribution in [2.45, 2.75) is 13.0 Å². The van der Waals surface area contributed by atoms with Crippen LogP contribution in [0.1, 0.15) is 6.92 Å². The van der Waals surface area contributed by atoms with Crippen molar-refractivity contribution in [3.63, 3.8) is 0 Å². The van der Waals surface area contributed by atoms with E-state index in [0.717, 1.165) is 0 Å². The Morgan fingerprint density at radius 1 is 1.50 bits per heavy atom. The van der Waals surface area contributed by atoms with Crippen molar-refractivity contribution >= 4 is 40.5 Å². The fourth-order valence-electron chi connectivity index (χ4n) is 1.66. The molecule has 0 radical (unpaired) electrons. The summed E-state index contributed by atoms with van der Waals surface area (Å²) >= 11 is 11.8. The maximum atomic E-state index is 12.0. The number of benzene rings is 1. The number of likely N-dealkylation sites (N-methyl/N-ethyl adjacent to an activating group) is 1. The normalized spacial score (nSPS) is 12.5. The number of rotatable bonds is 6. The van der Waals surface area contributed by atoms with Crippen LogP contribution < -0.4 is 11.1 Å². The van der Waals surface area contributed by atoms with Gasteiger partial charge in [-0.25, -0.2) is 0 Å². The molecule has 0 aliphatic carbocycles. The number of amides is 1. The third kappa shape index (κ3) is 4.83. The van der Waals surface area contributed by atoms with Gasteiger partial charge in [0.15, 0.2) is 0 Å². The van der Waals surface area contributed by atoms with Gasteiger partial charge in [-0.2, -0.15) is 0 Å². The number of hydrogen-bond donors (Lipinski definition) is 2. The van der Waals surface area contributed by atoms with E-state index in [1.54, 1.807) is 13.2 Å². The van der Waals surface area contributed by atoms with E-state index in [0.29, 0.717) is 28.0 Å². The van der Waals surface area contributed by atoms with Gasteiger partial charge in [0.2, 0.25) is 5.91 Å². The second-order valence-corrected chi connectivity index (χ2v) is 5.46. The molecule has 0 fully saturated rings. The lowest BCUT2D eigenvalue weighted by Crippen LogP contribution is -2.38. The number of carbonyl (C=O) groups is 1. The Balaban J connectivity index is 2.68. The summed E-state index contributed by atoms with van der Waals surface area (Å²) in [5.41, 5.74) is 6.51. The van der Waals surface area contributed by atoms with Crippen LogP contribution in [0.5, 0.6) is 0 Å². The Morgan fingerprint density at radius 2 is 2.15 bits per heavy atom. The molecule has 5 nitrogen and oxygen atoms in total. The third-order valence-electron chi connectivity index (χ3n) is 2.90. The second-order valence-electron chi connectivity index (χ2n) is 4.62. The SMILES string of the molecule is COCC(C)N(C)CC(=O)Nc1c(N)cc(Cl)cc1Cl. The van der Waals surface area contributed by atoms with E-state index in [4.69, 9.17) is 33.7 Å². The van der Waals surface area contributed by atoms with Crippen LogP contribution in [0.4, 0.5) is 11.4 Å². The van der Waals surface area contributed by atoms with Crippen molar-refractivity contribution < 1.29 is 9.53 Å². The molecule has 0 aromatic heterocycles. The highest BCUT2D eigenvalue weighted by molar-refractivity contribution is 6.37. The van der Waals surface area contributed by atoms with Gasteiger partial charge in [-0.3, -0.25) is 9.69 Å². The van der Waals surface area contributed by atoms with Crippen LogP contribution in [0.2, 0.25) is 10.0 Å². The van der Waals surface area contributed by atoms with E-state index in [1.165, 1.54) is 6.07 Å². The lowest BCUT2D eigenvalue weighted by molar-refractivity contribution is -0.117. The van der Waals surface area contributed by atoms with Gasteiger partial charge in [0.1, 0.15) is 0 Å². The predicted octanol–water partition coefficient (Wildman–Crippen LogP) is 2.48. The van der Waals surface area contributed by atoms with Crippen LogP contribution in [-0.4, -0.2) is 44.2 Å². The van der Waals surface area contributed by atoms with Gasteiger partial charge >= 0.3 is 0 Å². The van der Waals surface area contributed by atoms with Crippen molar-refractivity contribution in [3.8, 4) is 0 Å². The van der Waals surface area contributed by atoms with Gasteiger partial charge in [-0.15, -0.1) is 0 Å². The molecule has 1 amide bonds. The first kappa shape index (κ1) is 17.0. The molecule has 0 saturated carbocycles. The van der Waals surface area contributed by atoms with Gasteiger partial charge in [0.25, 0.3) is 0 Å². The Kier molecular flexibility index (Phi) is 6.55. The van der Waals surface area contributed by atoms with Gasteiger partial charge in [0, 0.05) is 18.2 Å². The summed E-state index contributed by atoms with van der Waals surface area (Å²) in [7, 11) is 3.47. The van der Waals surface area contributed by atoms with Crippen molar-refractivity contribution in [1.82, 2.24) is 4.90 Å². The molecule has 1 atom stereocenters. The molecule has 0 saturated heterocycles. The van der Waals surface area contributed by atoms with Crippen LogP contribution in [0, 0.1) is 0 Å². The van der Waals surface area contributed by atoms with Crippen LogP contribution in [-0.2, 0) is 9.53 Å². The second kappa shape index (κ2) is 7.69. The molecule has 1 aromatic rings. The summed E-state index contributed by atoms with van der Waals surface area (Å²) < 4.78 is 5.05. The number of carbonyl (C=O) groups excluding carboxylic acids is 1. The van der Waals surface area contributed by atoms with E-state index in [9.17, 15) is 4.79 Å². The molecule has 1 rings (SSSR count). The quantitative estimate of drug-likeness (QED) is 0.790. The molecule has 0 spiro atoms. The van der Waals surface area contributed by atoms with Crippen molar-refractivity contribution in [1.29, 1.82) is 0 Å². The zero-order valence-corrected chi connectivity index (χ0v) is 13.3. The fraction of sp³-hybridized carbons (Fsp3) is 0.462. The summed E-state index contributed by atoms with van der Waals surface area (Å²) in [6.07, 6.45) is 0. The summed E-state index contributed by atoms with van der Waals surface area (Å²) in [6, 6.07) is 3.20. The fourth-order valence-corrected chi connectivity index (χ4v) is 2.21. The number of anilines is 2. The number of ether oxygens (including phenoxy) is 1. The Bertz CT molecular complexity index is 460. The Labute approximate surface area is 129 Å². The predicted molar refractivity (Wildman–Crippen MR) is 83.5 cm³/mol. The van der Waals surface area contributed by atoms with E-state index < -0.39 is 0 Å². The molecule has 1 aromatic carbocycles. The monoisotopic (exact) mass is 319 g/mol. The minimum atomic E-state index is -0.202. The van der Waals surface area contributed by atoms with Gasteiger partial charge in [-0.05, 0) is 26.1 Å². The summed E-state index contributed by atoms with van der Waals surface area (Å²) in [4.78, 5) is 13.9. The molecular weight excluding hydrogens is 301 g/mol. The maximum Gasteiger partial charge on any atom is 0.238 e. The number of methoxy groups -OCH3 is 1. The molecule has 112 valence electrons. The van der Waals surface area contributed by atoms with Crippen LogP contribution in [0.25, 0.3) is 0 Å². The lowest BCUT2D eigenvalue weighted by atomic mass is 10.2. The molecule has 0 aliphatic heterocycles. The van der Waals surface area contributed by atoms with Gasteiger partial charge < -0.3 is 15.8 Å². The van der Waals surface area contributed by atoms with Gasteiger partial charge in [-0.1, -0.05) is 23.2 Å². The molecule has 0 heterocycles. The minimum Gasteiger partial charge on any atom is -0.397 e. The van der Waals surface area contributed by atoms with E-state index in [1.807, 2.05) is 18.9 Å². The molecule has 1 unspecified atom stereocenters. The smallest absolute Gasteiger partial charge is 0.238 e. The number of nitrogens with zero attached hydrogens (tertiary/aromatic N) is 1. The average molecular weight is 320 g/mol. The van der Waals surface area contributed by atoms with Gasteiger partial charge in [0.05, 0.1) is 29.5 Å². The number of nitrogen functional groups attached to an aromatic ring is 1. The lowest BCUT2D eigenvalue weighted by Gasteiger charge is -2.23. The number of nitrogens with two attached hydrogens (primary N) is 1. The summed E-state index contributed by atoms with van der Waals surface area (Å²) in [6.45, 7) is 2.73. The number of hydrogen-bond acceptors (Lipinski definition) is 4. The molecule has 7 heteroatoms. The van der Waals surface area contributed by atoms with Crippen LogP contribution in [0.3, 0.4) is 0 Å².